The van der Waals surface area contributed by atoms with E-state index >= 15 is 0 Å². The molecule has 0 saturated carbocycles. The Morgan fingerprint density at radius 3 is 2.42 bits per heavy atom. The van der Waals surface area contributed by atoms with Gasteiger partial charge >= 0.3 is 5.97 Å². The van der Waals surface area contributed by atoms with Crippen molar-refractivity contribution in [2.45, 2.75) is 6.10 Å². The third-order valence-electron chi connectivity index (χ3n) is 3.83. The molecule has 3 rings (SSSR count). The molecule has 9 heteroatoms. The normalized spacial score (nSPS) is 16.3. The molecule has 1 amide bonds. The first kappa shape index (κ1) is 17.7. The molecule has 0 radical (unpaired) electrons. The van der Waals surface area contributed by atoms with Crippen LogP contribution in [-0.2, 0) is 14.8 Å². The summed E-state index contributed by atoms with van der Waals surface area (Å²) in [6, 6.07) is 12.2. The van der Waals surface area contributed by atoms with Crippen molar-refractivity contribution in [2.24, 2.45) is 0 Å². The smallest absolute Gasteiger partial charge is 0.335 e. The number of hydrogen-bond donors (Lipinski definition) is 2. The summed E-state index contributed by atoms with van der Waals surface area (Å²) in [5.41, 5.74) is 0.854. The highest BCUT2D eigenvalue weighted by molar-refractivity contribution is 7.92. The molecule has 2 aromatic rings. The van der Waals surface area contributed by atoms with Gasteiger partial charge in [-0.05, 0) is 36.4 Å². The Labute approximate surface area is 150 Å². The average molecular weight is 376 g/mol. The standard InChI is InChI=1S/C17H16N2O6S/c1-26(23,24)19-10-15(25-14-5-3-2-4-13(14)19)16(20)18-12-8-6-11(7-9-12)17(21)22/h2-9,15H,10H2,1H3,(H,18,20)(H,21,22)/t15-/m1/s1. The zero-order valence-corrected chi connectivity index (χ0v) is 14.6. The molecular weight excluding hydrogens is 360 g/mol. The van der Waals surface area contributed by atoms with Crippen molar-refractivity contribution < 1.29 is 27.9 Å². The lowest BCUT2D eigenvalue weighted by molar-refractivity contribution is -0.122. The van der Waals surface area contributed by atoms with Gasteiger partial charge in [-0.3, -0.25) is 9.10 Å². The van der Waals surface area contributed by atoms with Crippen molar-refractivity contribution >= 4 is 33.3 Å². The van der Waals surface area contributed by atoms with Crippen LogP contribution in [-0.4, -0.2) is 44.3 Å². The van der Waals surface area contributed by atoms with E-state index in [0.717, 1.165) is 10.6 Å². The third kappa shape index (κ3) is 3.62. The number of rotatable bonds is 4. The van der Waals surface area contributed by atoms with Gasteiger partial charge in [-0.15, -0.1) is 0 Å². The topological polar surface area (TPSA) is 113 Å². The van der Waals surface area contributed by atoms with Crippen molar-refractivity contribution in [1.29, 1.82) is 0 Å². The maximum Gasteiger partial charge on any atom is 0.335 e. The molecule has 0 unspecified atom stereocenters. The number of benzene rings is 2. The van der Waals surface area contributed by atoms with Gasteiger partial charge in [0.05, 0.1) is 24.1 Å². The quantitative estimate of drug-likeness (QED) is 0.837. The SMILES string of the molecule is CS(=O)(=O)N1C[C@H](C(=O)Nc2ccc(C(=O)O)cc2)Oc2ccccc21. The van der Waals surface area contributed by atoms with Gasteiger partial charge in [0.1, 0.15) is 5.75 Å². The van der Waals surface area contributed by atoms with Crippen LogP contribution in [0.5, 0.6) is 5.75 Å². The second-order valence-electron chi connectivity index (χ2n) is 5.74. The van der Waals surface area contributed by atoms with E-state index in [1.54, 1.807) is 24.3 Å². The van der Waals surface area contributed by atoms with E-state index < -0.39 is 28.0 Å². The molecule has 26 heavy (non-hydrogen) atoms. The highest BCUT2D eigenvalue weighted by atomic mass is 32.2. The van der Waals surface area contributed by atoms with Gasteiger partial charge in [-0.25, -0.2) is 13.2 Å². The summed E-state index contributed by atoms with van der Waals surface area (Å²) in [5, 5.41) is 11.5. The van der Waals surface area contributed by atoms with Crippen LogP contribution in [0.3, 0.4) is 0 Å². The van der Waals surface area contributed by atoms with Gasteiger partial charge < -0.3 is 15.2 Å². The average Bonchev–Trinajstić information content (AvgIpc) is 2.60. The van der Waals surface area contributed by atoms with Crippen LogP contribution in [0.15, 0.2) is 48.5 Å². The number of carboxylic acid groups (broad SMARTS) is 1. The number of anilines is 2. The first-order valence-corrected chi connectivity index (χ1v) is 9.48. The van der Waals surface area contributed by atoms with Crippen molar-refractivity contribution in [3.63, 3.8) is 0 Å². The Morgan fingerprint density at radius 1 is 1.15 bits per heavy atom. The monoisotopic (exact) mass is 376 g/mol. The fraction of sp³-hybridized carbons (Fsp3) is 0.176. The molecule has 1 heterocycles. The van der Waals surface area contributed by atoms with E-state index in [-0.39, 0.29) is 12.1 Å². The van der Waals surface area contributed by atoms with Crippen LogP contribution in [0.4, 0.5) is 11.4 Å². The van der Waals surface area contributed by atoms with Crippen molar-refractivity contribution in [2.75, 3.05) is 22.4 Å². The second kappa shape index (κ2) is 6.68. The minimum atomic E-state index is -3.59. The maximum atomic E-state index is 12.5. The van der Waals surface area contributed by atoms with Crippen molar-refractivity contribution in [3.8, 4) is 5.75 Å². The number of amides is 1. The first-order chi connectivity index (χ1) is 12.3. The van der Waals surface area contributed by atoms with Crippen molar-refractivity contribution in [3.05, 3.63) is 54.1 Å². The number of carbonyl (C=O) groups excluding carboxylic acids is 1. The van der Waals surface area contributed by atoms with Gasteiger partial charge in [-0.2, -0.15) is 0 Å². The van der Waals surface area contributed by atoms with Crippen LogP contribution < -0.4 is 14.4 Å². The molecule has 1 aliphatic heterocycles. The predicted molar refractivity (Wildman–Crippen MR) is 95.1 cm³/mol. The first-order valence-electron chi connectivity index (χ1n) is 7.63. The number of carbonyl (C=O) groups is 2. The Hall–Kier alpha value is -3.07. The summed E-state index contributed by atoms with van der Waals surface area (Å²) >= 11 is 0. The fourth-order valence-electron chi connectivity index (χ4n) is 2.57. The summed E-state index contributed by atoms with van der Waals surface area (Å²) in [4.78, 5) is 23.4. The number of aromatic carboxylic acids is 1. The number of carboxylic acids is 1. The van der Waals surface area contributed by atoms with E-state index in [1.807, 2.05) is 0 Å². The number of fused-ring (bicyclic) bond motifs is 1. The zero-order valence-electron chi connectivity index (χ0n) is 13.7. The Bertz CT molecular complexity index is 955. The zero-order chi connectivity index (χ0) is 18.9. The summed E-state index contributed by atoms with van der Waals surface area (Å²) in [6.45, 7) is -0.158. The molecule has 2 N–H and O–H groups in total. The fourth-order valence-corrected chi connectivity index (χ4v) is 3.49. The molecule has 8 nitrogen and oxygen atoms in total. The van der Waals surface area contributed by atoms with Gasteiger partial charge in [0.15, 0.2) is 6.10 Å². The van der Waals surface area contributed by atoms with Gasteiger partial charge in [-0.1, -0.05) is 12.1 Å². The molecule has 1 atom stereocenters. The summed E-state index contributed by atoms with van der Waals surface area (Å²) in [6.07, 6.45) is 0.0214. The van der Waals surface area contributed by atoms with Crippen LogP contribution in [0.1, 0.15) is 10.4 Å². The van der Waals surface area contributed by atoms with E-state index in [4.69, 9.17) is 9.84 Å². The predicted octanol–water partition coefficient (Wildman–Crippen LogP) is 1.55. The largest absolute Gasteiger partial charge is 0.478 e. The maximum absolute atomic E-state index is 12.5. The number of hydrogen-bond acceptors (Lipinski definition) is 5. The van der Waals surface area contributed by atoms with Gasteiger partial charge in [0.25, 0.3) is 5.91 Å². The van der Waals surface area contributed by atoms with E-state index in [0.29, 0.717) is 17.1 Å². The molecule has 0 bridgehead atoms. The van der Waals surface area contributed by atoms with E-state index in [2.05, 4.69) is 5.32 Å². The molecular formula is C17H16N2O6S. The van der Waals surface area contributed by atoms with Crippen molar-refractivity contribution in [1.82, 2.24) is 0 Å². The van der Waals surface area contributed by atoms with Gasteiger partial charge in [0, 0.05) is 5.69 Å². The highest BCUT2D eigenvalue weighted by Crippen LogP contribution is 2.34. The lowest BCUT2D eigenvalue weighted by Crippen LogP contribution is -2.48. The summed E-state index contributed by atoms with van der Waals surface area (Å²) in [5.74, 6) is -1.30. The molecule has 0 saturated heterocycles. The Morgan fingerprint density at radius 2 is 1.81 bits per heavy atom. The van der Waals surface area contributed by atoms with E-state index in [9.17, 15) is 18.0 Å². The number of nitrogens with one attached hydrogen (secondary N) is 1. The molecule has 2 aromatic carbocycles. The van der Waals surface area contributed by atoms with Crippen LogP contribution >= 0.6 is 0 Å². The molecule has 1 aliphatic rings. The van der Waals surface area contributed by atoms with Gasteiger partial charge in [0.2, 0.25) is 10.0 Å². The molecule has 0 aromatic heterocycles. The number of sulfonamides is 1. The lowest BCUT2D eigenvalue weighted by Gasteiger charge is -2.33. The minimum absolute atomic E-state index is 0.0918. The minimum Gasteiger partial charge on any atom is -0.478 e. The number of para-hydroxylation sites is 2. The number of ether oxygens (including phenoxy) is 1. The Kier molecular flexibility index (Phi) is 4.56. The van der Waals surface area contributed by atoms with Crippen LogP contribution in [0.25, 0.3) is 0 Å². The highest BCUT2D eigenvalue weighted by Gasteiger charge is 2.34. The van der Waals surface area contributed by atoms with Crippen LogP contribution in [0.2, 0.25) is 0 Å². The molecule has 0 aliphatic carbocycles. The lowest BCUT2D eigenvalue weighted by atomic mass is 10.2. The van der Waals surface area contributed by atoms with Crippen LogP contribution in [0, 0.1) is 0 Å². The Balaban J connectivity index is 1.81. The second-order valence-corrected chi connectivity index (χ2v) is 7.65. The molecule has 0 fully saturated rings. The summed E-state index contributed by atoms with van der Waals surface area (Å²) in [7, 11) is -3.59. The third-order valence-corrected chi connectivity index (χ3v) is 4.97. The number of nitrogens with zero attached hydrogens (tertiary/aromatic N) is 1. The molecule has 136 valence electrons. The van der Waals surface area contributed by atoms with E-state index in [1.165, 1.54) is 24.3 Å². The summed E-state index contributed by atoms with van der Waals surface area (Å²) < 4.78 is 30.9. The molecule has 0 spiro atoms.